The Morgan fingerprint density at radius 1 is 1.06 bits per heavy atom. The van der Waals surface area contributed by atoms with Crippen molar-refractivity contribution in [3.8, 4) is 0 Å². The van der Waals surface area contributed by atoms with E-state index in [-0.39, 0.29) is 43.3 Å². The van der Waals surface area contributed by atoms with Gasteiger partial charge in [-0.1, -0.05) is 6.92 Å². The van der Waals surface area contributed by atoms with Crippen LogP contribution >= 0.6 is 11.8 Å². The second-order valence-corrected chi connectivity index (χ2v) is 15.9. The van der Waals surface area contributed by atoms with Crippen LogP contribution in [0.25, 0.3) is 0 Å². The summed E-state index contributed by atoms with van der Waals surface area (Å²) in [5.74, 6) is -2.42. The normalized spacial score (nSPS) is 23.3. The van der Waals surface area contributed by atoms with Gasteiger partial charge in [0.1, 0.15) is 18.9 Å². The Morgan fingerprint density at radius 3 is 2.10 bits per heavy atom. The molecule has 1 N–H and O–H groups in total. The van der Waals surface area contributed by atoms with Crippen LogP contribution < -0.4 is 0 Å². The molecule has 6 atom stereocenters. The van der Waals surface area contributed by atoms with Crippen molar-refractivity contribution in [3.63, 3.8) is 0 Å². The third kappa shape index (κ3) is 8.02. The fourth-order valence-electron chi connectivity index (χ4n) is 6.24. The second kappa shape index (κ2) is 15.3. The number of β-lactam (4-membered cyclic amide) rings is 1. The van der Waals surface area contributed by atoms with E-state index in [1.54, 1.807) is 0 Å². The van der Waals surface area contributed by atoms with Crippen LogP contribution in [0, 0.1) is 32.1 Å². The lowest BCUT2D eigenvalue weighted by Crippen LogP contribution is -2.63. The van der Waals surface area contributed by atoms with Crippen molar-refractivity contribution in [2.45, 2.75) is 56.9 Å². The zero-order valence-corrected chi connectivity index (χ0v) is 30.1. The smallest absolute Gasteiger partial charge is 0.410 e. The summed E-state index contributed by atoms with van der Waals surface area (Å²) < 4.78 is 35.8. The number of fused-ring (bicyclic) bond motifs is 1. The lowest BCUT2D eigenvalue weighted by Gasteiger charge is -2.46. The summed E-state index contributed by atoms with van der Waals surface area (Å²) in [6.45, 7) is 2.96. The minimum absolute atomic E-state index is 0.00698. The first-order valence-corrected chi connectivity index (χ1v) is 18.7. The lowest BCUT2D eigenvalue weighted by molar-refractivity contribution is -0.385. The molecule has 20 heteroatoms. The molecule has 18 nitrogen and oxygen atoms in total. The average Bonchev–Trinajstić information content (AvgIpc) is 3.60. The number of hydrogen-bond acceptors (Lipinski definition) is 14. The van der Waals surface area contributed by atoms with Crippen LogP contribution in [0.2, 0.25) is 0 Å². The van der Waals surface area contributed by atoms with Gasteiger partial charge in [-0.2, -0.15) is 9.52 Å². The van der Waals surface area contributed by atoms with Crippen molar-refractivity contribution in [1.29, 1.82) is 0 Å². The van der Waals surface area contributed by atoms with Crippen molar-refractivity contribution in [2.75, 3.05) is 19.8 Å². The molecule has 0 spiro atoms. The van der Waals surface area contributed by atoms with Gasteiger partial charge in [-0.15, -0.1) is 11.8 Å². The minimum Gasteiger partial charge on any atom is -0.456 e. The Morgan fingerprint density at radius 2 is 1.60 bits per heavy atom. The molecule has 5 rings (SSSR count). The quantitative estimate of drug-likeness (QED) is 0.102. The number of benzene rings is 2. The first-order chi connectivity index (χ1) is 24.5. The summed E-state index contributed by atoms with van der Waals surface area (Å²) >= 11 is 1.25. The zero-order valence-electron chi connectivity index (χ0n) is 28.4. The number of thioether (sulfide) groups is 1. The van der Waals surface area contributed by atoms with E-state index >= 15 is 0 Å². The Labute approximate surface area is 302 Å². The van der Waals surface area contributed by atoms with E-state index in [1.165, 1.54) is 90.3 Å². The molecular weight excluding hydrogens is 725 g/mol. The first-order valence-electron chi connectivity index (χ1n) is 15.9. The highest BCUT2D eigenvalue weighted by atomic mass is 32.2. The van der Waals surface area contributed by atoms with Crippen molar-refractivity contribution in [1.82, 2.24) is 14.2 Å². The van der Waals surface area contributed by atoms with Crippen molar-refractivity contribution >= 4 is 57.3 Å². The van der Waals surface area contributed by atoms with Gasteiger partial charge in [0, 0.05) is 60.1 Å². The first kappa shape index (κ1) is 38.2. The number of nitro benzene ring substituents is 2. The number of hydrazone groups is 1. The van der Waals surface area contributed by atoms with Gasteiger partial charge in [0.15, 0.2) is 0 Å². The molecule has 2 fully saturated rings. The average molecular weight is 761 g/mol. The predicted octanol–water partition coefficient (Wildman–Crippen LogP) is 3.01. The van der Waals surface area contributed by atoms with Crippen LogP contribution in [0.3, 0.4) is 0 Å². The number of esters is 1. The number of amides is 2. The number of nitrogens with zero attached hydrogens (tertiary/aromatic N) is 6. The van der Waals surface area contributed by atoms with E-state index in [4.69, 9.17) is 9.47 Å². The van der Waals surface area contributed by atoms with Gasteiger partial charge in [0.05, 0.1) is 40.2 Å². The molecule has 1 unspecified atom stereocenters. The van der Waals surface area contributed by atoms with Gasteiger partial charge >= 0.3 is 12.1 Å². The minimum atomic E-state index is -3.70. The Kier molecular flexibility index (Phi) is 11.2. The van der Waals surface area contributed by atoms with Gasteiger partial charge < -0.3 is 19.5 Å². The number of likely N-dealkylation sites (tertiary alicyclic amines) is 1. The number of aliphatic hydroxyl groups excluding tert-OH is 1. The SMILES string of the molecule is CC(O)[C@H]1C(=O)N2C(C(=O)OCc3ccc([N+](=O)[O-])cc3)=C(S[C@H]3C[C@@H](/C=N\N(C)S(C)(=O)=O)N(C(=O)OCc4ccc([N+](=O)[O-])cc4)C3)[C@H](C)[C@H]12. The fourth-order valence-corrected chi connectivity index (χ4v) is 8.00. The number of hydrogen-bond donors (Lipinski definition) is 1. The van der Waals surface area contributed by atoms with E-state index in [0.29, 0.717) is 16.0 Å². The molecule has 3 aliphatic rings. The van der Waals surface area contributed by atoms with Gasteiger partial charge in [-0.3, -0.25) is 29.9 Å². The summed E-state index contributed by atoms with van der Waals surface area (Å²) in [5, 5.41) is 36.0. The maximum atomic E-state index is 13.7. The molecule has 2 aromatic rings. The van der Waals surface area contributed by atoms with Gasteiger partial charge in [-0.25, -0.2) is 18.0 Å². The second-order valence-electron chi connectivity index (χ2n) is 12.6. The molecule has 0 aliphatic carbocycles. The maximum absolute atomic E-state index is 13.7. The molecule has 0 bridgehead atoms. The predicted molar refractivity (Wildman–Crippen MR) is 186 cm³/mol. The zero-order chi connectivity index (χ0) is 38.1. The van der Waals surface area contributed by atoms with E-state index in [0.717, 1.165) is 10.7 Å². The number of non-ortho nitro benzene ring substituents is 2. The summed E-state index contributed by atoms with van der Waals surface area (Å²) in [4.78, 5) is 64.4. The standard InChI is InChI=1S/C32H36N6O12S2/c1-18-27-26(19(2)39)30(40)36(27)28(31(41)49-16-20-5-9-22(10-6-20)37(43)44)29(18)51-25-13-24(14-33-34(3)52(4,47)48)35(15-25)32(42)50-17-21-7-11-23(12-8-21)38(45)46/h5-12,14,18-19,24-27,39H,13,15-17H2,1-4H3/b33-14-/t18-,19?,24+,25+,26-,27-/m1/s1. The van der Waals surface area contributed by atoms with Gasteiger partial charge in [0.2, 0.25) is 15.9 Å². The van der Waals surface area contributed by atoms with E-state index < -0.39 is 73.1 Å². The van der Waals surface area contributed by atoms with Crippen molar-refractivity contribution < 1.29 is 47.2 Å². The van der Waals surface area contributed by atoms with Crippen LogP contribution in [0.5, 0.6) is 0 Å². The van der Waals surface area contributed by atoms with Crippen LogP contribution in [0.4, 0.5) is 16.2 Å². The third-order valence-electron chi connectivity index (χ3n) is 9.04. The highest BCUT2D eigenvalue weighted by molar-refractivity contribution is 8.03. The van der Waals surface area contributed by atoms with Crippen LogP contribution in [0.15, 0.2) is 64.2 Å². The monoisotopic (exact) mass is 760 g/mol. The number of rotatable bonds is 13. The molecule has 2 saturated heterocycles. The molecule has 0 aromatic heterocycles. The number of carbonyl (C=O) groups is 3. The highest BCUT2D eigenvalue weighted by Gasteiger charge is 2.60. The van der Waals surface area contributed by atoms with Crippen LogP contribution in [0.1, 0.15) is 31.4 Å². The largest absolute Gasteiger partial charge is 0.456 e. The van der Waals surface area contributed by atoms with E-state index in [1.807, 2.05) is 6.92 Å². The fraction of sp³-hybridized carbons (Fsp3) is 0.438. The molecule has 3 aliphatic heterocycles. The van der Waals surface area contributed by atoms with Crippen molar-refractivity contribution in [2.24, 2.45) is 16.9 Å². The van der Waals surface area contributed by atoms with Gasteiger partial charge in [-0.05, 0) is 48.7 Å². The van der Waals surface area contributed by atoms with E-state index in [2.05, 4.69) is 5.10 Å². The summed E-state index contributed by atoms with van der Waals surface area (Å²) in [6.07, 6.45) is 0.774. The number of ether oxygens (including phenoxy) is 2. The molecular formula is C32H36N6O12S2. The number of aliphatic hydroxyl groups is 1. The number of nitro groups is 2. The Bertz CT molecular complexity index is 1920. The lowest BCUT2D eigenvalue weighted by atomic mass is 9.79. The molecule has 0 saturated carbocycles. The van der Waals surface area contributed by atoms with Crippen molar-refractivity contribution in [3.05, 3.63) is 90.5 Å². The molecule has 0 radical (unpaired) electrons. The molecule has 2 aromatic carbocycles. The topological polar surface area (TPSA) is 232 Å². The molecule has 2 amide bonds. The van der Waals surface area contributed by atoms with Crippen LogP contribution in [-0.2, 0) is 42.3 Å². The number of carbonyl (C=O) groups excluding carboxylic acids is 3. The van der Waals surface area contributed by atoms with E-state index in [9.17, 15) is 48.1 Å². The number of sulfonamides is 1. The van der Waals surface area contributed by atoms with Gasteiger partial charge in [0.25, 0.3) is 11.4 Å². The highest BCUT2D eigenvalue weighted by Crippen LogP contribution is 2.52. The summed E-state index contributed by atoms with van der Waals surface area (Å²) in [7, 11) is -2.46. The molecule has 3 heterocycles. The maximum Gasteiger partial charge on any atom is 0.410 e. The molecule has 278 valence electrons. The van der Waals surface area contributed by atoms with Crippen LogP contribution in [-0.4, -0.2) is 105 Å². The molecule has 52 heavy (non-hydrogen) atoms. The summed E-state index contributed by atoms with van der Waals surface area (Å²) in [6, 6.07) is 9.65. The summed E-state index contributed by atoms with van der Waals surface area (Å²) in [5.41, 5.74) is 0.721. The Hall–Kier alpha value is -5.08. The Balaban J connectivity index is 1.38. The third-order valence-corrected chi connectivity index (χ3v) is 11.6.